The van der Waals surface area contributed by atoms with Crippen molar-refractivity contribution in [3.8, 4) is 0 Å². The number of nitro groups is 1. The van der Waals surface area contributed by atoms with E-state index in [1.165, 1.54) is 18.2 Å². The van der Waals surface area contributed by atoms with Crippen LogP contribution in [-0.2, 0) is 4.79 Å². The lowest BCUT2D eigenvalue weighted by atomic mass is 10.1. The molecule has 0 heterocycles. The molecular weight excluding hydrogens is 316 g/mol. The largest absolute Gasteiger partial charge is 0.330 e. The van der Waals surface area contributed by atoms with Crippen LogP contribution in [0.3, 0.4) is 0 Å². The number of hydrogen-bond acceptors (Lipinski definition) is 4. The van der Waals surface area contributed by atoms with Crippen molar-refractivity contribution in [1.29, 1.82) is 0 Å². The summed E-state index contributed by atoms with van der Waals surface area (Å²) in [4.78, 5) is 21.6. The van der Waals surface area contributed by atoms with Crippen molar-refractivity contribution in [3.05, 3.63) is 33.3 Å². The molecule has 0 spiro atoms. The maximum absolute atomic E-state index is 11.4. The van der Waals surface area contributed by atoms with Gasteiger partial charge in [0.1, 0.15) is 0 Å². The summed E-state index contributed by atoms with van der Waals surface area (Å²) in [5.41, 5.74) is 5.09. The summed E-state index contributed by atoms with van der Waals surface area (Å²) >= 11 is 10.9. The Labute approximate surface area is 132 Å². The monoisotopic (exact) mass is 330 g/mol. The van der Waals surface area contributed by atoms with Crippen molar-refractivity contribution in [2.24, 2.45) is 5.92 Å². The fraction of sp³-hybridized carbons (Fsp3) is 0.333. The van der Waals surface area contributed by atoms with Crippen LogP contribution in [0.15, 0.2) is 18.2 Å². The lowest BCUT2D eigenvalue weighted by Crippen LogP contribution is -2.44. The first kappa shape index (κ1) is 17.1. The standard InChI is InChI=1S/C12H15ClN4O3S/c1-7(2)5-11(18)15-16-12(21)14-10-6-8(17(19)20)3-4-9(10)13/h3-4,6-7H,5H2,1-2H3,(H,15,18)(H2,14,16,21). The number of nitro benzene ring substituents is 1. The Morgan fingerprint density at radius 3 is 2.67 bits per heavy atom. The molecule has 3 N–H and O–H groups in total. The minimum Gasteiger partial charge on any atom is -0.330 e. The highest BCUT2D eigenvalue weighted by molar-refractivity contribution is 7.80. The molecule has 0 unspecified atom stereocenters. The van der Waals surface area contributed by atoms with Gasteiger partial charge in [-0.2, -0.15) is 0 Å². The Morgan fingerprint density at radius 1 is 1.43 bits per heavy atom. The van der Waals surface area contributed by atoms with E-state index in [9.17, 15) is 14.9 Å². The number of thiocarbonyl (C=S) groups is 1. The van der Waals surface area contributed by atoms with Crippen molar-refractivity contribution >= 4 is 46.2 Å². The van der Waals surface area contributed by atoms with Gasteiger partial charge in [0.25, 0.3) is 5.69 Å². The molecule has 0 aliphatic carbocycles. The average molecular weight is 331 g/mol. The molecule has 0 atom stereocenters. The van der Waals surface area contributed by atoms with Crippen molar-refractivity contribution in [2.75, 3.05) is 5.32 Å². The molecule has 7 nitrogen and oxygen atoms in total. The summed E-state index contributed by atoms with van der Waals surface area (Å²) in [7, 11) is 0. The summed E-state index contributed by atoms with van der Waals surface area (Å²) in [6, 6.07) is 3.93. The topological polar surface area (TPSA) is 96.3 Å². The molecule has 0 aliphatic rings. The second-order valence-corrected chi connectivity index (χ2v) is 5.46. The molecule has 1 aromatic rings. The number of benzene rings is 1. The van der Waals surface area contributed by atoms with Gasteiger partial charge in [0, 0.05) is 18.6 Å². The van der Waals surface area contributed by atoms with Crippen LogP contribution >= 0.6 is 23.8 Å². The molecular formula is C12H15ClN4O3S. The molecule has 1 aromatic carbocycles. The molecule has 0 radical (unpaired) electrons. The Morgan fingerprint density at radius 2 is 2.10 bits per heavy atom. The Hall–Kier alpha value is -1.93. The minimum atomic E-state index is -0.539. The van der Waals surface area contributed by atoms with Crippen molar-refractivity contribution < 1.29 is 9.72 Å². The molecule has 0 bridgehead atoms. The van der Waals surface area contributed by atoms with Gasteiger partial charge in [-0.1, -0.05) is 25.4 Å². The molecule has 0 aromatic heterocycles. The van der Waals surface area contributed by atoms with E-state index in [1.807, 2.05) is 13.8 Å². The highest BCUT2D eigenvalue weighted by Crippen LogP contribution is 2.26. The summed E-state index contributed by atoms with van der Waals surface area (Å²) in [5, 5.41) is 13.7. The van der Waals surface area contributed by atoms with Crippen molar-refractivity contribution in [1.82, 2.24) is 10.9 Å². The van der Waals surface area contributed by atoms with E-state index >= 15 is 0 Å². The molecule has 9 heteroatoms. The molecule has 0 fully saturated rings. The number of nitrogens with one attached hydrogen (secondary N) is 3. The lowest BCUT2D eigenvalue weighted by molar-refractivity contribution is -0.384. The predicted octanol–water partition coefficient (Wildman–Crippen LogP) is 2.61. The minimum absolute atomic E-state index is 0.0782. The van der Waals surface area contributed by atoms with Crippen LogP contribution in [0.4, 0.5) is 11.4 Å². The third kappa shape index (κ3) is 5.92. The van der Waals surface area contributed by atoms with Crippen LogP contribution in [-0.4, -0.2) is 15.9 Å². The average Bonchev–Trinajstić information content (AvgIpc) is 2.38. The molecule has 114 valence electrons. The number of nitrogens with zero attached hydrogens (tertiary/aromatic N) is 1. The summed E-state index contributed by atoms with van der Waals surface area (Å²) in [6.45, 7) is 3.83. The fourth-order valence-electron chi connectivity index (χ4n) is 1.42. The maximum atomic E-state index is 11.4. The molecule has 1 amide bonds. The van der Waals surface area contributed by atoms with Gasteiger partial charge in [-0.15, -0.1) is 0 Å². The van der Waals surface area contributed by atoms with Crippen LogP contribution in [0.25, 0.3) is 0 Å². The van der Waals surface area contributed by atoms with E-state index in [0.29, 0.717) is 6.42 Å². The Kier molecular flexibility index (Phi) is 6.32. The van der Waals surface area contributed by atoms with E-state index in [1.54, 1.807) is 0 Å². The number of non-ortho nitro benzene ring substituents is 1. The number of hydrogen-bond donors (Lipinski definition) is 3. The van der Waals surface area contributed by atoms with Crippen LogP contribution in [0.2, 0.25) is 5.02 Å². The van der Waals surface area contributed by atoms with Crippen LogP contribution in [0.5, 0.6) is 0 Å². The van der Waals surface area contributed by atoms with E-state index in [2.05, 4.69) is 16.2 Å². The van der Waals surface area contributed by atoms with Gasteiger partial charge < -0.3 is 5.32 Å². The first-order chi connectivity index (χ1) is 9.79. The van der Waals surface area contributed by atoms with E-state index < -0.39 is 4.92 Å². The number of halogens is 1. The van der Waals surface area contributed by atoms with Gasteiger partial charge >= 0.3 is 0 Å². The number of anilines is 1. The summed E-state index contributed by atoms with van der Waals surface area (Å²) in [5.74, 6) is 0.0128. The molecule has 21 heavy (non-hydrogen) atoms. The fourth-order valence-corrected chi connectivity index (χ4v) is 1.75. The molecule has 0 saturated heterocycles. The highest BCUT2D eigenvalue weighted by Gasteiger charge is 2.11. The first-order valence-electron chi connectivity index (χ1n) is 6.09. The van der Waals surface area contributed by atoms with Gasteiger partial charge in [0.05, 0.1) is 15.6 Å². The van der Waals surface area contributed by atoms with E-state index in [-0.39, 0.29) is 33.3 Å². The quantitative estimate of drug-likeness (QED) is 0.446. The number of carbonyl (C=O) groups excluding carboxylic acids is 1. The van der Waals surface area contributed by atoms with Gasteiger partial charge in [0.2, 0.25) is 5.91 Å². The number of amides is 1. The third-order valence-electron chi connectivity index (χ3n) is 2.32. The molecule has 0 saturated carbocycles. The third-order valence-corrected chi connectivity index (χ3v) is 2.85. The van der Waals surface area contributed by atoms with Crippen LogP contribution in [0.1, 0.15) is 20.3 Å². The number of rotatable bonds is 4. The lowest BCUT2D eigenvalue weighted by Gasteiger charge is -2.13. The predicted molar refractivity (Wildman–Crippen MR) is 85.1 cm³/mol. The summed E-state index contributed by atoms with van der Waals surface area (Å²) < 4.78 is 0. The van der Waals surface area contributed by atoms with Crippen LogP contribution < -0.4 is 16.2 Å². The van der Waals surface area contributed by atoms with Gasteiger partial charge in [-0.05, 0) is 24.2 Å². The number of carbonyl (C=O) groups is 1. The molecule has 1 rings (SSSR count). The van der Waals surface area contributed by atoms with Gasteiger partial charge in [-0.25, -0.2) is 0 Å². The smallest absolute Gasteiger partial charge is 0.271 e. The molecule has 0 aliphatic heterocycles. The normalized spacial score (nSPS) is 10.1. The summed E-state index contributed by atoms with van der Waals surface area (Å²) in [6.07, 6.45) is 0.354. The van der Waals surface area contributed by atoms with E-state index in [4.69, 9.17) is 23.8 Å². The Balaban J connectivity index is 2.60. The first-order valence-corrected chi connectivity index (χ1v) is 6.88. The highest BCUT2D eigenvalue weighted by atomic mass is 35.5. The van der Waals surface area contributed by atoms with Gasteiger partial charge in [-0.3, -0.25) is 25.8 Å². The van der Waals surface area contributed by atoms with Crippen molar-refractivity contribution in [3.63, 3.8) is 0 Å². The van der Waals surface area contributed by atoms with Crippen molar-refractivity contribution in [2.45, 2.75) is 20.3 Å². The van der Waals surface area contributed by atoms with Gasteiger partial charge in [0.15, 0.2) is 5.11 Å². The number of hydrazine groups is 1. The second-order valence-electron chi connectivity index (χ2n) is 4.65. The zero-order valence-electron chi connectivity index (χ0n) is 11.5. The van der Waals surface area contributed by atoms with Crippen LogP contribution in [0, 0.1) is 16.0 Å². The zero-order valence-corrected chi connectivity index (χ0v) is 13.0. The second kappa shape index (κ2) is 7.75. The Bertz CT molecular complexity index is 565. The SMILES string of the molecule is CC(C)CC(=O)NNC(=S)Nc1cc([N+](=O)[O-])ccc1Cl. The zero-order chi connectivity index (χ0) is 16.0. The maximum Gasteiger partial charge on any atom is 0.271 e. The van der Waals surface area contributed by atoms with E-state index in [0.717, 1.165) is 0 Å².